The summed E-state index contributed by atoms with van der Waals surface area (Å²) in [6, 6.07) is 5.99. The Labute approximate surface area is 120 Å². The van der Waals surface area contributed by atoms with E-state index in [0.29, 0.717) is 5.69 Å². The van der Waals surface area contributed by atoms with Crippen LogP contribution in [-0.2, 0) is 14.8 Å². The van der Waals surface area contributed by atoms with Crippen molar-refractivity contribution in [3.05, 3.63) is 24.3 Å². The Morgan fingerprint density at radius 3 is 2.15 bits per heavy atom. The molecule has 0 radical (unpaired) electrons. The second-order valence-corrected chi connectivity index (χ2v) is 6.81. The average Bonchev–Trinajstić information content (AvgIpc) is 2.36. The molecule has 20 heavy (non-hydrogen) atoms. The summed E-state index contributed by atoms with van der Waals surface area (Å²) < 4.78 is 26.4. The summed E-state index contributed by atoms with van der Waals surface area (Å²) in [6.07, 6.45) is 0.761. The van der Waals surface area contributed by atoms with Crippen LogP contribution < -0.4 is 10.0 Å². The highest BCUT2D eigenvalue weighted by Gasteiger charge is 2.15. The Balaban J connectivity index is 2.82. The number of benzene rings is 1. The largest absolute Gasteiger partial charge is 0.326 e. The van der Waals surface area contributed by atoms with Crippen LogP contribution >= 0.6 is 0 Å². The van der Waals surface area contributed by atoms with E-state index in [1.165, 1.54) is 12.1 Å². The highest BCUT2D eigenvalue weighted by atomic mass is 32.2. The van der Waals surface area contributed by atoms with Gasteiger partial charge in [-0.2, -0.15) is 0 Å². The van der Waals surface area contributed by atoms with E-state index in [9.17, 15) is 13.2 Å². The van der Waals surface area contributed by atoms with Gasteiger partial charge in [-0.1, -0.05) is 13.8 Å². The molecule has 0 heterocycles. The number of carbonyl (C=O) groups excluding carboxylic acids is 1. The minimum absolute atomic E-state index is 0.0663. The molecule has 1 rings (SSSR count). The molecule has 1 aromatic carbocycles. The number of anilines is 1. The predicted octanol–water partition coefficient (Wildman–Crippen LogP) is 2.36. The van der Waals surface area contributed by atoms with Crippen molar-refractivity contribution in [3.63, 3.8) is 0 Å². The highest BCUT2D eigenvalue weighted by Crippen LogP contribution is 2.15. The maximum absolute atomic E-state index is 11.9. The summed E-state index contributed by atoms with van der Waals surface area (Å²) >= 11 is 0. The van der Waals surface area contributed by atoms with E-state index < -0.39 is 10.0 Å². The fourth-order valence-electron chi connectivity index (χ4n) is 1.55. The molecule has 0 saturated carbocycles. The van der Waals surface area contributed by atoms with Gasteiger partial charge in [0, 0.05) is 17.6 Å². The quantitative estimate of drug-likeness (QED) is 0.846. The Morgan fingerprint density at radius 1 is 1.15 bits per heavy atom. The van der Waals surface area contributed by atoms with Crippen LogP contribution in [0.3, 0.4) is 0 Å². The van der Waals surface area contributed by atoms with Gasteiger partial charge in [0.2, 0.25) is 15.9 Å². The zero-order valence-electron chi connectivity index (χ0n) is 12.3. The van der Waals surface area contributed by atoms with Crippen molar-refractivity contribution < 1.29 is 13.2 Å². The lowest BCUT2D eigenvalue weighted by Crippen LogP contribution is -2.30. The number of sulfonamides is 1. The maximum atomic E-state index is 11.9. The van der Waals surface area contributed by atoms with E-state index in [2.05, 4.69) is 10.0 Å². The monoisotopic (exact) mass is 298 g/mol. The summed E-state index contributed by atoms with van der Waals surface area (Å²) in [5, 5.41) is 2.76. The van der Waals surface area contributed by atoms with Crippen LogP contribution in [0.25, 0.3) is 0 Å². The third-order valence-electron chi connectivity index (χ3n) is 2.88. The van der Waals surface area contributed by atoms with Crippen LogP contribution in [0, 0.1) is 5.92 Å². The lowest BCUT2D eigenvalue weighted by molar-refractivity contribution is -0.119. The first-order valence-corrected chi connectivity index (χ1v) is 8.17. The minimum Gasteiger partial charge on any atom is -0.326 e. The third kappa shape index (κ3) is 4.61. The summed E-state index contributed by atoms with van der Waals surface area (Å²) in [4.78, 5) is 11.9. The summed E-state index contributed by atoms with van der Waals surface area (Å²) in [7, 11) is -3.49. The van der Waals surface area contributed by atoms with Gasteiger partial charge in [-0.05, 0) is 44.5 Å². The molecular formula is C14H22N2O3S. The van der Waals surface area contributed by atoms with Gasteiger partial charge in [0.15, 0.2) is 0 Å². The normalized spacial score (nSPS) is 13.2. The lowest BCUT2D eigenvalue weighted by Gasteiger charge is -2.12. The molecular weight excluding hydrogens is 276 g/mol. The number of amides is 1. The number of rotatable bonds is 6. The summed E-state index contributed by atoms with van der Waals surface area (Å²) in [6.45, 7) is 7.31. The number of hydrogen-bond donors (Lipinski definition) is 2. The van der Waals surface area contributed by atoms with Crippen LogP contribution in [0.5, 0.6) is 0 Å². The molecule has 6 heteroatoms. The van der Waals surface area contributed by atoms with Crippen molar-refractivity contribution in [2.75, 3.05) is 5.32 Å². The Bertz CT molecular complexity index is 550. The van der Waals surface area contributed by atoms with E-state index in [1.54, 1.807) is 26.0 Å². The molecule has 1 amide bonds. The number of carbonyl (C=O) groups is 1. The van der Waals surface area contributed by atoms with Crippen molar-refractivity contribution in [2.45, 2.75) is 45.1 Å². The second kappa shape index (κ2) is 6.85. The molecule has 1 aromatic rings. The molecule has 0 bridgehead atoms. The molecule has 5 nitrogen and oxygen atoms in total. The third-order valence-corrected chi connectivity index (χ3v) is 4.56. The fraction of sp³-hybridized carbons (Fsp3) is 0.500. The predicted molar refractivity (Wildman–Crippen MR) is 80.0 cm³/mol. The molecule has 2 N–H and O–H groups in total. The number of nitrogens with one attached hydrogen (secondary N) is 2. The van der Waals surface area contributed by atoms with Crippen LogP contribution in [-0.4, -0.2) is 20.4 Å². The van der Waals surface area contributed by atoms with E-state index in [-0.39, 0.29) is 22.8 Å². The first-order chi connectivity index (χ1) is 9.26. The highest BCUT2D eigenvalue weighted by molar-refractivity contribution is 7.89. The molecule has 1 unspecified atom stereocenters. The lowest BCUT2D eigenvalue weighted by atomic mass is 10.1. The summed E-state index contributed by atoms with van der Waals surface area (Å²) in [5.74, 6) is -0.135. The first-order valence-electron chi connectivity index (χ1n) is 6.69. The van der Waals surface area contributed by atoms with Crippen LogP contribution in [0.15, 0.2) is 29.2 Å². The van der Waals surface area contributed by atoms with Gasteiger partial charge in [0.1, 0.15) is 0 Å². The Hall–Kier alpha value is -1.40. The molecule has 0 aromatic heterocycles. The maximum Gasteiger partial charge on any atom is 0.240 e. The molecule has 112 valence electrons. The van der Waals surface area contributed by atoms with Crippen molar-refractivity contribution in [2.24, 2.45) is 5.92 Å². The van der Waals surface area contributed by atoms with E-state index in [4.69, 9.17) is 0 Å². The van der Waals surface area contributed by atoms with E-state index in [0.717, 1.165) is 6.42 Å². The van der Waals surface area contributed by atoms with Crippen molar-refractivity contribution in [3.8, 4) is 0 Å². The smallest absolute Gasteiger partial charge is 0.240 e. The molecule has 0 aliphatic heterocycles. The van der Waals surface area contributed by atoms with Crippen molar-refractivity contribution in [1.82, 2.24) is 4.72 Å². The zero-order chi connectivity index (χ0) is 15.3. The minimum atomic E-state index is -3.49. The first kappa shape index (κ1) is 16.7. The van der Waals surface area contributed by atoms with E-state index in [1.807, 2.05) is 13.8 Å². The van der Waals surface area contributed by atoms with Gasteiger partial charge in [0.05, 0.1) is 4.90 Å². The molecule has 1 atom stereocenters. The second-order valence-electron chi connectivity index (χ2n) is 5.10. The van der Waals surface area contributed by atoms with Gasteiger partial charge >= 0.3 is 0 Å². The van der Waals surface area contributed by atoms with Gasteiger partial charge in [-0.15, -0.1) is 0 Å². The standard InChI is InChI=1S/C14H22N2O3S/c1-5-11(4)14(17)15-12-6-8-13(9-7-12)20(18,19)16-10(2)3/h6-11,16H,5H2,1-4H3,(H,15,17). The van der Waals surface area contributed by atoms with Crippen molar-refractivity contribution in [1.29, 1.82) is 0 Å². The fourth-order valence-corrected chi connectivity index (χ4v) is 2.80. The van der Waals surface area contributed by atoms with Crippen LogP contribution in [0.2, 0.25) is 0 Å². The molecule has 0 fully saturated rings. The van der Waals surface area contributed by atoms with Crippen LogP contribution in [0.1, 0.15) is 34.1 Å². The topological polar surface area (TPSA) is 75.3 Å². The zero-order valence-corrected chi connectivity index (χ0v) is 13.1. The van der Waals surface area contributed by atoms with Gasteiger partial charge in [-0.25, -0.2) is 13.1 Å². The van der Waals surface area contributed by atoms with Crippen LogP contribution in [0.4, 0.5) is 5.69 Å². The molecule has 0 aliphatic rings. The van der Waals surface area contributed by atoms with Gasteiger partial charge in [-0.3, -0.25) is 4.79 Å². The molecule has 0 aliphatic carbocycles. The average molecular weight is 298 g/mol. The van der Waals surface area contributed by atoms with Crippen molar-refractivity contribution >= 4 is 21.6 Å². The number of hydrogen-bond acceptors (Lipinski definition) is 3. The van der Waals surface area contributed by atoms with Gasteiger partial charge < -0.3 is 5.32 Å². The molecule has 0 spiro atoms. The van der Waals surface area contributed by atoms with Gasteiger partial charge in [0.25, 0.3) is 0 Å². The Morgan fingerprint density at radius 2 is 1.70 bits per heavy atom. The van der Waals surface area contributed by atoms with E-state index >= 15 is 0 Å². The molecule has 0 saturated heterocycles. The Kier molecular flexibility index (Phi) is 5.71. The SMILES string of the molecule is CCC(C)C(=O)Nc1ccc(S(=O)(=O)NC(C)C)cc1. The summed E-state index contributed by atoms with van der Waals surface area (Å²) in [5.41, 5.74) is 0.596.